The van der Waals surface area contributed by atoms with Crippen molar-refractivity contribution in [1.82, 2.24) is 9.13 Å². The van der Waals surface area contributed by atoms with Crippen LogP contribution in [-0.4, -0.2) is 23.9 Å². The predicted molar refractivity (Wildman–Crippen MR) is 235 cm³/mol. The van der Waals surface area contributed by atoms with Crippen molar-refractivity contribution < 1.29 is 0 Å². The quantitative estimate of drug-likeness (QED) is 0.159. The van der Waals surface area contributed by atoms with E-state index in [4.69, 9.17) is 0 Å². The molecule has 0 saturated carbocycles. The van der Waals surface area contributed by atoms with Crippen molar-refractivity contribution in [3.05, 3.63) is 151 Å². The molecule has 260 valence electrons. The second-order valence-electron chi connectivity index (χ2n) is 18.5. The minimum Gasteiger partial charge on any atom is -0.314 e. The first-order chi connectivity index (χ1) is 26.1. The van der Waals surface area contributed by atoms with E-state index in [0.29, 0.717) is 11.4 Å². The number of hydrogen-bond donors (Lipinski definition) is 0. The van der Waals surface area contributed by atoms with Crippen molar-refractivity contribution in [3.8, 4) is 5.69 Å². The highest BCUT2D eigenvalue weighted by Gasteiger charge is 2.61. The van der Waals surface area contributed by atoms with E-state index in [1.807, 2.05) is 0 Å². The van der Waals surface area contributed by atoms with Gasteiger partial charge in [0.2, 0.25) is 6.71 Å². The number of benzene rings is 6. The summed E-state index contributed by atoms with van der Waals surface area (Å²) >= 11 is 0. The van der Waals surface area contributed by atoms with Crippen LogP contribution >= 0.6 is 0 Å². The molecule has 2 unspecified atom stereocenters. The van der Waals surface area contributed by atoms with Crippen LogP contribution in [0.5, 0.6) is 0 Å². The minimum atomic E-state index is -2.70. The monoisotopic (exact) mass is 710 g/mol. The molecule has 2 aromatic heterocycles. The average molecular weight is 711 g/mol. The van der Waals surface area contributed by atoms with Gasteiger partial charge in [-0.2, -0.15) is 0 Å². The molecule has 0 N–H and O–H groups in total. The largest absolute Gasteiger partial charge is 0.314 e. The average Bonchev–Trinajstić information content (AvgIpc) is 3.69. The van der Waals surface area contributed by atoms with E-state index in [0.717, 1.165) is 0 Å². The second kappa shape index (κ2) is 10.0. The summed E-state index contributed by atoms with van der Waals surface area (Å²) in [5.41, 5.74) is 14.6. The van der Waals surface area contributed by atoms with Crippen molar-refractivity contribution in [2.24, 2.45) is 0 Å². The van der Waals surface area contributed by atoms with Crippen LogP contribution in [0.4, 0.5) is 0 Å². The SMILES string of the molecule is CC(C)(C)c1ccc2c3cc4c5ccc(C(C)(C)C)cc5n5c4c4c3n(c2c1)C1=CC=CC2C1B4c1c-5cccc1[Si]2(c1ccccc1)c1ccccc1. The van der Waals surface area contributed by atoms with E-state index in [-0.39, 0.29) is 17.5 Å². The first-order valence-electron chi connectivity index (χ1n) is 19.8. The smallest absolute Gasteiger partial charge is 0.226 e. The van der Waals surface area contributed by atoms with Crippen molar-refractivity contribution in [1.29, 1.82) is 0 Å². The zero-order chi connectivity index (χ0) is 36.5. The molecule has 6 aromatic carbocycles. The standard InChI is InChI=1S/C50H43BN2Si/c1-49(2,3)30-23-25-34-36-29-37-35-26-24-31(50(4,5)6)28-41(35)53-39-20-14-22-43-45(39)51-44-38(52(40(34)27-30)47(36)46(51)48(37)53)19-13-21-42(44)54(43,32-15-9-7-10-16-32)33-17-11-8-12-18-33/h7-29,42,44H,1-6H3. The molecule has 0 spiro atoms. The molecule has 12 rings (SSSR count). The molecule has 0 radical (unpaired) electrons. The van der Waals surface area contributed by atoms with Crippen molar-refractivity contribution in [2.75, 3.05) is 0 Å². The van der Waals surface area contributed by atoms with Crippen LogP contribution in [0.1, 0.15) is 52.7 Å². The maximum absolute atomic E-state index is 2.74. The van der Waals surface area contributed by atoms with Gasteiger partial charge in [-0.1, -0.05) is 156 Å². The van der Waals surface area contributed by atoms with Gasteiger partial charge in [0.15, 0.2) is 8.07 Å². The number of allylic oxidation sites excluding steroid dienone is 4. The Hall–Kier alpha value is -5.32. The third kappa shape index (κ3) is 3.59. The van der Waals surface area contributed by atoms with Gasteiger partial charge in [0.1, 0.15) is 0 Å². The molecule has 3 aliphatic heterocycles. The Morgan fingerprint density at radius 1 is 0.556 bits per heavy atom. The van der Waals surface area contributed by atoms with Crippen LogP contribution < -0.4 is 26.5 Å². The van der Waals surface area contributed by atoms with Gasteiger partial charge in [-0.25, -0.2) is 0 Å². The Balaban J connectivity index is 1.35. The van der Waals surface area contributed by atoms with E-state index in [1.165, 1.54) is 82.0 Å². The summed E-state index contributed by atoms with van der Waals surface area (Å²) in [6.45, 7) is 14.3. The summed E-state index contributed by atoms with van der Waals surface area (Å²) in [5.74, 6) is 0.294. The van der Waals surface area contributed by atoms with Crippen LogP contribution in [0.3, 0.4) is 0 Å². The molecule has 4 aliphatic rings. The number of hydrogen-bond acceptors (Lipinski definition) is 0. The lowest BCUT2D eigenvalue weighted by atomic mass is 9.29. The van der Waals surface area contributed by atoms with Crippen molar-refractivity contribution in [3.63, 3.8) is 0 Å². The minimum absolute atomic E-state index is 0.0405. The molecule has 0 amide bonds. The van der Waals surface area contributed by atoms with E-state index < -0.39 is 8.07 Å². The van der Waals surface area contributed by atoms with Gasteiger partial charge in [-0.3, -0.25) is 0 Å². The highest BCUT2D eigenvalue weighted by molar-refractivity contribution is 7.18. The summed E-state index contributed by atoms with van der Waals surface area (Å²) < 4.78 is 5.44. The lowest BCUT2D eigenvalue weighted by Crippen LogP contribution is -2.80. The maximum atomic E-state index is 2.74. The topological polar surface area (TPSA) is 9.86 Å². The molecular formula is C50H43BN2Si. The maximum Gasteiger partial charge on any atom is 0.226 e. The molecule has 2 atom stereocenters. The fraction of sp³-hybridized carbons (Fsp3) is 0.200. The summed E-state index contributed by atoms with van der Waals surface area (Å²) in [6, 6.07) is 47.9. The Bertz CT molecular complexity index is 2980. The zero-order valence-electron chi connectivity index (χ0n) is 31.9. The summed E-state index contributed by atoms with van der Waals surface area (Å²) in [5, 5.41) is 10.1. The van der Waals surface area contributed by atoms with Gasteiger partial charge in [0, 0.05) is 32.9 Å². The van der Waals surface area contributed by atoms with Crippen LogP contribution in [0.2, 0.25) is 11.4 Å². The van der Waals surface area contributed by atoms with Crippen LogP contribution in [-0.2, 0) is 10.8 Å². The lowest BCUT2D eigenvalue weighted by molar-refractivity contribution is 0.590. The molecule has 0 saturated heterocycles. The van der Waals surface area contributed by atoms with E-state index in [9.17, 15) is 0 Å². The van der Waals surface area contributed by atoms with E-state index >= 15 is 0 Å². The molecule has 8 aromatic rings. The Morgan fingerprint density at radius 3 is 1.72 bits per heavy atom. The summed E-state index contributed by atoms with van der Waals surface area (Å²) in [4.78, 5) is 0. The first kappa shape index (κ1) is 31.1. The van der Waals surface area contributed by atoms with Crippen molar-refractivity contribution in [2.45, 2.75) is 63.7 Å². The van der Waals surface area contributed by atoms with Gasteiger partial charge in [-0.15, -0.1) is 0 Å². The molecule has 2 nitrogen and oxygen atoms in total. The normalized spacial score (nSPS) is 19.1. The summed E-state index contributed by atoms with van der Waals surface area (Å²) in [7, 11) is -2.70. The first-order valence-corrected chi connectivity index (χ1v) is 21.9. The summed E-state index contributed by atoms with van der Waals surface area (Å²) in [6.07, 6.45) is 7.53. The fourth-order valence-corrected chi connectivity index (χ4v) is 17.4. The van der Waals surface area contributed by atoms with Gasteiger partial charge >= 0.3 is 0 Å². The molecule has 1 aliphatic carbocycles. The molecule has 0 bridgehead atoms. The van der Waals surface area contributed by atoms with Crippen LogP contribution in [0.15, 0.2) is 140 Å². The number of rotatable bonds is 2. The Kier molecular flexibility index (Phi) is 5.78. The number of aromatic nitrogens is 2. The van der Waals surface area contributed by atoms with E-state index in [1.54, 1.807) is 10.6 Å². The molecule has 5 heterocycles. The van der Waals surface area contributed by atoms with Crippen LogP contribution in [0.25, 0.3) is 55.0 Å². The Labute approximate surface area is 318 Å². The molecule has 0 fully saturated rings. The van der Waals surface area contributed by atoms with Gasteiger partial charge in [0.25, 0.3) is 0 Å². The zero-order valence-corrected chi connectivity index (χ0v) is 32.9. The fourth-order valence-electron chi connectivity index (χ4n) is 11.5. The third-order valence-corrected chi connectivity index (χ3v) is 19.1. The van der Waals surface area contributed by atoms with Crippen LogP contribution in [0, 0.1) is 0 Å². The second-order valence-corrected chi connectivity index (χ2v) is 22.5. The Morgan fingerprint density at radius 2 is 1.13 bits per heavy atom. The molecule has 4 heteroatoms. The van der Waals surface area contributed by atoms with E-state index in [2.05, 4.69) is 190 Å². The van der Waals surface area contributed by atoms with Gasteiger partial charge in [0.05, 0.1) is 22.1 Å². The number of nitrogens with zero attached hydrogens (tertiary/aromatic N) is 2. The number of fused-ring (bicyclic) bond motifs is 8. The molecular weight excluding hydrogens is 667 g/mol. The lowest BCUT2D eigenvalue weighted by Gasteiger charge is -2.54. The highest BCUT2D eigenvalue weighted by atomic mass is 28.3. The highest BCUT2D eigenvalue weighted by Crippen LogP contribution is 2.55. The van der Waals surface area contributed by atoms with Gasteiger partial charge in [-0.05, 0) is 85.0 Å². The van der Waals surface area contributed by atoms with Crippen molar-refractivity contribution >= 4 is 90.6 Å². The molecule has 54 heavy (non-hydrogen) atoms. The predicted octanol–water partition coefficient (Wildman–Crippen LogP) is 9.06. The third-order valence-electron chi connectivity index (χ3n) is 13.8. The van der Waals surface area contributed by atoms with Gasteiger partial charge < -0.3 is 9.13 Å².